The number of nitrogens with zero attached hydrogens (tertiary/aromatic N) is 3. The van der Waals surface area contributed by atoms with Crippen molar-refractivity contribution in [2.75, 3.05) is 11.9 Å². The maximum Gasteiger partial charge on any atom is 0.267 e. The number of halogens is 2. The summed E-state index contributed by atoms with van der Waals surface area (Å²) in [6, 6.07) is 21.8. The number of carbonyl (C=O) groups is 2. The molecule has 0 atom stereocenters. The number of rotatable bonds is 9. The van der Waals surface area contributed by atoms with E-state index in [0.717, 1.165) is 11.8 Å². The van der Waals surface area contributed by atoms with E-state index in [1.54, 1.807) is 84.9 Å². The third kappa shape index (κ3) is 7.41. The minimum Gasteiger partial charge on any atom is -0.507 e. The molecule has 12 heteroatoms. The van der Waals surface area contributed by atoms with Gasteiger partial charge in [0.1, 0.15) is 17.3 Å². The Morgan fingerprint density at radius 2 is 1.81 bits per heavy atom. The second kappa shape index (κ2) is 13.4. The summed E-state index contributed by atoms with van der Waals surface area (Å²) in [4.78, 5) is 27.7. The van der Waals surface area contributed by atoms with Crippen molar-refractivity contribution in [3.8, 4) is 11.5 Å². The summed E-state index contributed by atoms with van der Waals surface area (Å²) in [7, 11) is 0. The number of phenols is 1. The fourth-order valence-electron chi connectivity index (χ4n) is 3.80. The topological polar surface area (TPSA) is 117 Å². The van der Waals surface area contributed by atoms with Crippen molar-refractivity contribution in [1.29, 1.82) is 0 Å². The number of para-hydroxylation sites is 1. The highest BCUT2D eigenvalue weighted by Gasteiger charge is 2.34. The van der Waals surface area contributed by atoms with Gasteiger partial charge in [-0.05, 0) is 84.6 Å². The van der Waals surface area contributed by atoms with Crippen LogP contribution in [0.5, 0.6) is 11.5 Å². The van der Waals surface area contributed by atoms with Gasteiger partial charge in [0.15, 0.2) is 11.8 Å². The molecule has 0 saturated carbocycles. The van der Waals surface area contributed by atoms with Gasteiger partial charge in [0.25, 0.3) is 11.8 Å². The molecular formula is C30H22Cl2N4O5S. The van der Waals surface area contributed by atoms with E-state index in [2.05, 4.69) is 15.5 Å². The molecule has 0 aliphatic carbocycles. The second-order valence-electron chi connectivity index (χ2n) is 8.79. The van der Waals surface area contributed by atoms with Crippen molar-refractivity contribution in [1.82, 2.24) is 4.90 Å². The zero-order valence-electron chi connectivity index (χ0n) is 21.7. The van der Waals surface area contributed by atoms with E-state index in [4.69, 9.17) is 32.4 Å². The molecule has 42 heavy (non-hydrogen) atoms. The number of hydrogen-bond acceptors (Lipinski definition) is 8. The number of amidine groups is 1. The minimum atomic E-state index is -0.376. The normalized spacial score (nSPS) is 15.2. The number of carbonyl (C=O) groups excluding carboxylic acids is 2. The van der Waals surface area contributed by atoms with Crippen LogP contribution in [-0.2, 0) is 16.1 Å². The van der Waals surface area contributed by atoms with Crippen molar-refractivity contribution in [2.24, 2.45) is 10.2 Å². The first-order chi connectivity index (χ1) is 20.4. The molecule has 1 aliphatic heterocycles. The van der Waals surface area contributed by atoms with Gasteiger partial charge in [-0.15, -0.1) is 5.10 Å². The van der Waals surface area contributed by atoms with Crippen LogP contribution in [0.1, 0.15) is 16.9 Å². The fraction of sp³-hybridized carbons (Fsp3) is 0.0667. The highest BCUT2D eigenvalue weighted by Crippen LogP contribution is 2.36. The van der Waals surface area contributed by atoms with E-state index in [-0.39, 0.29) is 30.7 Å². The predicted octanol–water partition coefficient (Wildman–Crippen LogP) is 6.82. The van der Waals surface area contributed by atoms with Crippen LogP contribution in [0.4, 0.5) is 5.69 Å². The molecule has 1 aromatic heterocycles. The molecule has 0 radical (unpaired) electrons. The molecule has 2 heterocycles. The van der Waals surface area contributed by atoms with Crippen LogP contribution in [-0.4, -0.2) is 39.8 Å². The molecule has 1 aliphatic rings. The Morgan fingerprint density at radius 3 is 2.57 bits per heavy atom. The smallest absolute Gasteiger partial charge is 0.267 e. The van der Waals surface area contributed by atoms with E-state index in [9.17, 15) is 14.7 Å². The number of aromatic hydroxyl groups is 1. The van der Waals surface area contributed by atoms with Gasteiger partial charge in [0.05, 0.1) is 23.9 Å². The molecule has 2 amide bonds. The van der Waals surface area contributed by atoms with Gasteiger partial charge < -0.3 is 19.6 Å². The van der Waals surface area contributed by atoms with Crippen LogP contribution in [0.15, 0.2) is 105 Å². The fourth-order valence-corrected chi connectivity index (χ4v) is 5.03. The number of ether oxygens (including phenoxy) is 1. The van der Waals surface area contributed by atoms with Crippen molar-refractivity contribution < 1.29 is 23.8 Å². The van der Waals surface area contributed by atoms with Gasteiger partial charge in [-0.25, -0.2) is 0 Å². The number of phenolic OH excluding ortho intramolecular Hbond substituents is 1. The molecule has 1 saturated heterocycles. The van der Waals surface area contributed by atoms with E-state index in [0.29, 0.717) is 48.4 Å². The first-order valence-electron chi connectivity index (χ1n) is 12.5. The number of nitrogens with one attached hydrogen (secondary N) is 1. The Balaban J connectivity index is 1.37. The maximum atomic E-state index is 13.5. The lowest BCUT2D eigenvalue weighted by Crippen LogP contribution is -2.28. The van der Waals surface area contributed by atoms with Gasteiger partial charge in [0.2, 0.25) is 0 Å². The molecule has 212 valence electrons. The van der Waals surface area contributed by atoms with Gasteiger partial charge in [-0.3, -0.25) is 14.5 Å². The van der Waals surface area contributed by atoms with Crippen molar-refractivity contribution in [3.05, 3.63) is 117 Å². The largest absolute Gasteiger partial charge is 0.507 e. The second-order valence-corrected chi connectivity index (χ2v) is 10.7. The Hall–Kier alpha value is -4.51. The highest BCUT2D eigenvalue weighted by molar-refractivity contribution is 8.18. The summed E-state index contributed by atoms with van der Waals surface area (Å²) in [5.41, 5.74) is 1.55. The quantitative estimate of drug-likeness (QED) is 0.120. The molecule has 4 aromatic rings. The lowest BCUT2D eigenvalue weighted by molar-refractivity contribution is -0.122. The predicted molar refractivity (Wildman–Crippen MR) is 165 cm³/mol. The van der Waals surface area contributed by atoms with Crippen LogP contribution in [0.3, 0.4) is 0 Å². The molecule has 5 rings (SSSR count). The van der Waals surface area contributed by atoms with Gasteiger partial charge in [-0.1, -0.05) is 35.3 Å². The van der Waals surface area contributed by atoms with Crippen molar-refractivity contribution in [3.63, 3.8) is 0 Å². The van der Waals surface area contributed by atoms with Crippen LogP contribution in [0.25, 0.3) is 6.08 Å². The molecule has 0 bridgehead atoms. The number of anilines is 1. The summed E-state index contributed by atoms with van der Waals surface area (Å²) in [6.07, 6.45) is 4.54. The number of hydrogen-bond donors (Lipinski definition) is 2. The van der Waals surface area contributed by atoms with Crippen LogP contribution < -0.4 is 10.1 Å². The number of furan rings is 1. The Morgan fingerprint density at radius 1 is 1.02 bits per heavy atom. The molecular weight excluding hydrogens is 599 g/mol. The Bertz CT molecular complexity index is 1690. The van der Waals surface area contributed by atoms with E-state index >= 15 is 0 Å². The molecule has 3 aromatic carbocycles. The van der Waals surface area contributed by atoms with E-state index in [1.807, 2.05) is 0 Å². The van der Waals surface area contributed by atoms with Crippen LogP contribution >= 0.6 is 35.0 Å². The molecule has 9 nitrogen and oxygen atoms in total. The number of benzene rings is 3. The summed E-state index contributed by atoms with van der Waals surface area (Å²) >= 11 is 13.3. The van der Waals surface area contributed by atoms with Crippen molar-refractivity contribution >= 4 is 69.9 Å². The van der Waals surface area contributed by atoms with Crippen molar-refractivity contribution in [2.45, 2.75) is 6.54 Å². The van der Waals surface area contributed by atoms with Gasteiger partial charge in [-0.2, -0.15) is 5.10 Å². The SMILES string of the molecule is O=C(COc1ccc(Cl)cc1/C=C1\S/C(=N\N=C\c2ccccc2O)N(Cc2ccco2)C1=O)Nc1ccc(Cl)cc1. The van der Waals surface area contributed by atoms with E-state index < -0.39 is 0 Å². The summed E-state index contributed by atoms with van der Waals surface area (Å²) in [5.74, 6) is 0.256. The zero-order chi connectivity index (χ0) is 29.5. The van der Waals surface area contributed by atoms with Crippen LogP contribution in [0, 0.1) is 0 Å². The molecule has 1 fully saturated rings. The van der Waals surface area contributed by atoms with E-state index in [1.165, 1.54) is 17.4 Å². The lowest BCUT2D eigenvalue weighted by atomic mass is 10.2. The molecule has 2 N–H and O–H groups in total. The summed E-state index contributed by atoms with van der Waals surface area (Å²) in [6.45, 7) is -0.148. The summed E-state index contributed by atoms with van der Waals surface area (Å²) in [5, 5.41) is 22.4. The Labute approximate surface area is 255 Å². The summed E-state index contributed by atoms with van der Waals surface area (Å²) < 4.78 is 11.2. The first-order valence-corrected chi connectivity index (χ1v) is 14.0. The van der Waals surface area contributed by atoms with Gasteiger partial charge >= 0.3 is 0 Å². The Kier molecular flexibility index (Phi) is 9.28. The van der Waals surface area contributed by atoms with Crippen LogP contribution in [0.2, 0.25) is 10.0 Å². The zero-order valence-corrected chi connectivity index (χ0v) is 24.1. The average molecular weight is 622 g/mol. The molecule has 0 unspecified atom stereocenters. The number of thioether (sulfide) groups is 1. The average Bonchev–Trinajstić information content (AvgIpc) is 3.59. The first kappa shape index (κ1) is 29.0. The third-order valence-corrected chi connectivity index (χ3v) is 7.29. The lowest BCUT2D eigenvalue weighted by Gasteiger charge is -2.13. The third-order valence-electron chi connectivity index (χ3n) is 5.80. The monoisotopic (exact) mass is 620 g/mol. The standard InChI is InChI=1S/C30H22Cl2N4O5S/c31-21-7-10-23(11-8-21)34-28(38)18-41-26-12-9-22(32)14-20(26)15-27-29(39)36(17-24-5-3-13-40-24)30(42-27)35-33-16-19-4-1-2-6-25(19)37/h1-16,37H,17-18H2,(H,34,38)/b27-15-,33-16+,35-30-. The number of amides is 2. The highest BCUT2D eigenvalue weighted by atomic mass is 35.5. The maximum absolute atomic E-state index is 13.5. The van der Waals surface area contributed by atoms with Gasteiger partial charge in [0, 0.05) is 26.9 Å². The minimum absolute atomic E-state index is 0.0555. The molecule has 0 spiro atoms.